The number of primary amides is 1. The number of hydrogen-bond acceptors (Lipinski definition) is 2. The third-order valence-electron chi connectivity index (χ3n) is 2.85. The number of unbranched alkanes of at least 4 members (excludes halogenated alkanes) is 3. The van der Waals surface area contributed by atoms with Crippen molar-refractivity contribution in [3.8, 4) is 0 Å². The normalized spacial score (nSPS) is 12.6. The summed E-state index contributed by atoms with van der Waals surface area (Å²) < 4.78 is 5.25. The van der Waals surface area contributed by atoms with Crippen LogP contribution in [0.1, 0.15) is 58.8 Å². The number of amides is 1. The van der Waals surface area contributed by atoms with Gasteiger partial charge in [0.15, 0.2) is 0 Å². The Kier molecular flexibility index (Phi) is 10.5. The van der Waals surface area contributed by atoms with Gasteiger partial charge in [-0.2, -0.15) is 0 Å². The number of nitrogens with two attached hydrogens (primary N) is 1. The molecule has 1 atom stereocenters. The molecule has 0 radical (unpaired) electrons. The van der Waals surface area contributed by atoms with E-state index in [-0.39, 0.29) is 11.8 Å². The molecule has 0 saturated heterocycles. The van der Waals surface area contributed by atoms with E-state index >= 15 is 0 Å². The van der Waals surface area contributed by atoms with Crippen LogP contribution in [-0.2, 0) is 9.53 Å². The largest absolute Gasteiger partial charge is 0.382 e. The molecular formula is C13H27NO2. The lowest BCUT2D eigenvalue weighted by Crippen LogP contribution is -2.23. The molecule has 1 amide bonds. The SMILES string of the molecule is CCCCCCC(CCCOCC)C(N)=O. The van der Waals surface area contributed by atoms with Gasteiger partial charge in [-0.25, -0.2) is 0 Å². The third-order valence-corrected chi connectivity index (χ3v) is 2.85. The minimum Gasteiger partial charge on any atom is -0.382 e. The van der Waals surface area contributed by atoms with Gasteiger partial charge in [0.05, 0.1) is 0 Å². The Morgan fingerprint density at radius 2 is 1.81 bits per heavy atom. The molecule has 0 bridgehead atoms. The van der Waals surface area contributed by atoms with Crippen molar-refractivity contribution in [1.29, 1.82) is 0 Å². The van der Waals surface area contributed by atoms with Crippen molar-refractivity contribution >= 4 is 5.91 Å². The second-order valence-electron chi connectivity index (χ2n) is 4.29. The molecule has 0 aliphatic heterocycles. The summed E-state index contributed by atoms with van der Waals surface area (Å²) in [7, 11) is 0. The van der Waals surface area contributed by atoms with Crippen LogP contribution >= 0.6 is 0 Å². The molecule has 3 heteroatoms. The van der Waals surface area contributed by atoms with Crippen molar-refractivity contribution < 1.29 is 9.53 Å². The molecule has 0 aromatic heterocycles. The lowest BCUT2D eigenvalue weighted by atomic mass is 9.95. The molecule has 0 aromatic rings. The zero-order chi connectivity index (χ0) is 12.2. The molecule has 0 aliphatic rings. The van der Waals surface area contributed by atoms with Gasteiger partial charge < -0.3 is 10.5 Å². The van der Waals surface area contributed by atoms with Crippen LogP contribution in [0, 0.1) is 5.92 Å². The number of carbonyl (C=O) groups excluding carboxylic acids is 1. The quantitative estimate of drug-likeness (QED) is 0.554. The monoisotopic (exact) mass is 229 g/mol. The van der Waals surface area contributed by atoms with E-state index < -0.39 is 0 Å². The fraction of sp³-hybridized carbons (Fsp3) is 0.923. The summed E-state index contributed by atoms with van der Waals surface area (Å²) in [6, 6.07) is 0. The minimum atomic E-state index is -0.145. The lowest BCUT2D eigenvalue weighted by Gasteiger charge is -2.12. The van der Waals surface area contributed by atoms with Gasteiger partial charge >= 0.3 is 0 Å². The van der Waals surface area contributed by atoms with Crippen molar-refractivity contribution in [3.63, 3.8) is 0 Å². The van der Waals surface area contributed by atoms with E-state index in [0.717, 1.165) is 38.9 Å². The Hall–Kier alpha value is -0.570. The van der Waals surface area contributed by atoms with Gasteiger partial charge in [0.25, 0.3) is 0 Å². The number of hydrogen-bond donors (Lipinski definition) is 1. The standard InChI is InChI=1S/C13H27NO2/c1-3-5-6-7-9-12(13(14)15)10-8-11-16-4-2/h12H,3-11H2,1-2H3,(H2,14,15). The highest BCUT2D eigenvalue weighted by Crippen LogP contribution is 2.15. The Balaban J connectivity index is 3.59. The number of carbonyl (C=O) groups is 1. The number of rotatable bonds is 11. The van der Waals surface area contributed by atoms with Gasteiger partial charge in [-0.05, 0) is 26.2 Å². The maximum Gasteiger partial charge on any atom is 0.220 e. The maximum atomic E-state index is 11.2. The molecule has 0 fully saturated rings. The molecule has 16 heavy (non-hydrogen) atoms. The van der Waals surface area contributed by atoms with E-state index in [4.69, 9.17) is 10.5 Å². The fourth-order valence-corrected chi connectivity index (χ4v) is 1.82. The van der Waals surface area contributed by atoms with Crippen LogP contribution in [-0.4, -0.2) is 19.1 Å². The van der Waals surface area contributed by atoms with Crippen LogP contribution < -0.4 is 5.73 Å². The summed E-state index contributed by atoms with van der Waals surface area (Å²) in [6.45, 7) is 5.66. The first-order chi connectivity index (χ1) is 7.72. The van der Waals surface area contributed by atoms with Gasteiger partial charge in [-0.15, -0.1) is 0 Å². The van der Waals surface area contributed by atoms with E-state index in [1.165, 1.54) is 19.3 Å². The molecule has 96 valence electrons. The molecule has 0 rings (SSSR count). The van der Waals surface area contributed by atoms with Crippen molar-refractivity contribution in [2.24, 2.45) is 11.7 Å². The Morgan fingerprint density at radius 3 is 2.38 bits per heavy atom. The second-order valence-corrected chi connectivity index (χ2v) is 4.29. The summed E-state index contributed by atoms with van der Waals surface area (Å²) in [5, 5.41) is 0. The van der Waals surface area contributed by atoms with Crippen molar-refractivity contribution in [2.45, 2.75) is 58.8 Å². The average molecular weight is 229 g/mol. The van der Waals surface area contributed by atoms with E-state index in [2.05, 4.69) is 6.92 Å². The van der Waals surface area contributed by atoms with Crippen LogP contribution in [0.5, 0.6) is 0 Å². The van der Waals surface area contributed by atoms with Crippen LogP contribution in [0.15, 0.2) is 0 Å². The Bertz CT molecular complexity index is 159. The van der Waals surface area contributed by atoms with Gasteiger partial charge in [0, 0.05) is 19.1 Å². The predicted octanol–water partition coefficient (Wildman–Crippen LogP) is 2.88. The average Bonchev–Trinajstić information content (AvgIpc) is 2.26. The molecule has 0 saturated carbocycles. The Labute approximate surface area is 99.7 Å². The topological polar surface area (TPSA) is 52.3 Å². The van der Waals surface area contributed by atoms with Crippen molar-refractivity contribution in [2.75, 3.05) is 13.2 Å². The molecule has 0 heterocycles. The summed E-state index contributed by atoms with van der Waals surface area (Å²) in [5.74, 6) is -0.0923. The molecule has 0 aliphatic carbocycles. The van der Waals surface area contributed by atoms with Gasteiger partial charge in [0.1, 0.15) is 0 Å². The van der Waals surface area contributed by atoms with Gasteiger partial charge in [0.2, 0.25) is 5.91 Å². The van der Waals surface area contributed by atoms with Crippen molar-refractivity contribution in [1.82, 2.24) is 0 Å². The Morgan fingerprint density at radius 1 is 1.12 bits per heavy atom. The molecule has 3 nitrogen and oxygen atoms in total. The lowest BCUT2D eigenvalue weighted by molar-refractivity contribution is -0.122. The highest BCUT2D eigenvalue weighted by atomic mass is 16.5. The highest BCUT2D eigenvalue weighted by Gasteiger charge is 2.14. The van der Waals surface area contributed by atoms with Crippen molar-refractivity contribution in [3.05, 3.63) is 0 Å². The molecule has 2 N–H and O–H groups in total. The van der Waals surface area contributed by atoms with E-state index in [1.807, 2.05) is 6.92 Å². The van der Waals surface area contributed by atoms with E-state index in [9.17, 15) is 4.79 Å². The highest BCUT2D eigenvalue weighted by molar-refractivity contribution is 5.76. The van der Waals surface area contributed by atoms with Crippen LogP contribution in [0.25, 0.3) is 0 Å². The first-order valence-corrected chi connectivity index (χ1v) is 6.59. The van der Waals surface area contributed by atoms with E-state index in [0.29, 0.717) is 0 Å². The zero-order valence-electron chi connectivity index (χ0n) is 10.8. The smallest absolute Gasteiger partial charge is 0.220 e. The number of ether oxygens (including phenoxy) is 1. The van der Waals surface area contributed by atoms with Crippen LogP contribution in [0.3, 0.4) is 0 Å². The summed E-state index contributed by atoms with van der Waals surface area (Å²) in [5.41, 5.74) is 5.39. The fourth-order valence-electron chi connectivity index (χ4n) is 1.82. The predicted molar refractivity (Wildman–Crippen MR) is 67.2 cm³/mol. The summed E-state index contributed by atoms with van der Waals surface area (Å²) in [4.78, 5) is 11.2. The molecule has 0 spiro atoms. The first kappa shape index (κ1) is 15.4. The van der Waals surface area contributed by atoms with Crippen LogP contribution in [0.2, 0.25) is 0 Å². The zero-order valence-corrected chi connectivity index (χ0v) is 10.8. The van der Waals surface area contributed by atoms with Gasteiger partial charge in [-0.1, -0.05) is 32.6 Å². The van der Waals surface area contributed by atoms with E-state index in [1.54, 1.807) is 0 Å². The van der Waals surface area contributed by atoms with Gasteiger partial charge in [-0.3, -0.25) is 4.79 Å². The van der Waals surface area contributed by atoms with Crippen LogP contribution in [0.4, 0.5) is 0 Å². The first-order valence-electron chi connectivity index (χ1n) is 6.59. The molecule has 0 aromatic carbocycles. The minimum absolute atomic E-state index is 0.0531. The molecular weight excluding hydrogens is 202 g/mol. The second kappa shape index (κ2) is 10.9. The third kappa shape index (κ3) is 8.72. The summed E-state index contributed by atoms with van der Waals surface area (Å²) >= 11 is 0. The molecule has 1 unspecified atom stereocenters. The summed E-state index contributed by atoms with van der Waals surface area (Å²) in [6.07, 6.45) is 7.58. The maximum absolute atomic E-state index is 11.2.